The predicted octanol–water partition coefficient (Wildman–Crippen LogP) is 5.08. The molecule has 3 N–H and O–H groups in total. The fourth-order valence-corrected chi connectivity index (χ4v) is 6.01. The Morgan fingerprint density at radius 1 is 1.14 bits per heavy atom. The SMILES string of the molecule is CCOC(=O)C1=C(N)N(c2ccccc2Cl)C2=C(C(=O)CC(C)(C)C2)C12C(=O)Nc1ccc(Cl)cc12. The molecule has 2 aromatic rings. The number of hydrogen-bond donors (Lipinski definition) is 2. The molecule has 1 aliphatic carbocycles. The van der Waals surface area contributed by atoms with E-state index in [9.17, 15) is 14.4 Å². The maximum atomic E-state index is 14.0. The minimum Gasteiger partial charge on any atom is -0.462 e. The van der Waals surface area contributed by atoms with Gasteiger partial charge in [0.25, 0.3) is 0 Å². The molecule has 0 aromatic heterocycles. The van der Waals surface area contributed by atoms with E-state index in [4.69, 9.17) is 33.7 Å². The molecule has 0 saturated carbocycles. The number of ether oxygens (including phenoxy) is 1. The Kier molecular flexibility index (Phi) is 5.69. The van der Waals surface area contributed by atoms with Crippen LogP contribution in [0.5, 0.6) is 0 Å². The summed E-state index contributed by atoms with van der Waals surface area (Å²) < 4.78 is 5.42. The fraction of sp³-hybridized carbons (Fsp3) is 0.296. The van der Waals surface area contributed by atoms with E-state index >= 15 is 0 Å². The summed E-state index contributed by atoms with van der Waals surface area (Å²) in [4.78, 5) is 43.2. The molecule has 1 amide bonds. The summed E-state index contributed by atoms with van der Waals surface area (Å²) in [6, 6.07) is 11.9. The topological polar surface area (TPSA) is 102 Å². The van der Waals surface area contributed by atoms with Gasteiger partial charge < -0.3 is 15.8 Å². The highest BCUT2D eigenvalue weighted by Crippen LogP contribution is 2.58. The average Bonchev–Trinajstić information content (AvgIpc) is 3.05. The van der Waals surface area contributed by atoms with Crippen molar-refractivity contribution >= 4 is 52.2 Å². The standard InChI is InChI=1S/C27H25Cl2N3O4/c1-4-36-24(34)22-23(30)32(18-8-6-5-7-16(18)29)19-12-26(2,3)13-20(33)21(19)27(22)15-11-14(28)9-10-17(15)31-25(27)35/h5-11H,4,12-13,30H2,1-3H3,(H,31,35). The number of esters is 1. The molecule has 2 heterocycles. The van der Waals surface area contributed by atoms with E-state index in [1.165, 1.54) is 0 Å². The van der Waals surface area contributed by atoms with Gasteiger partial charge in [0.1, 0.15) is 16.8 Å². The van der Waals surface area contributed by atoms with Crippen LogP contribution in [-0.2, 0) is 24.5 Å². The summed E-state index contributed by atoms with van der Waals surface area (Å²) in [6.45, 7) is 5.67. The number of nitrogens with zero attached hydrogens (tertiary/aromatic N) is 1. The molecule has 2 aliphatic heterocycles. The number of carbonyl (C=O) groups excluding carboxylic acids is 3. The van der Waals surface area contributed by atoms with E-state index in [2.05, 4.69) is 5.32 Å². The van der Waals surface area contributed by atoms with Gasteiger partial charge in [-0.25, -0.2) is 4.79 Å². The van der Waals surface area contributed by atoms with Crippen molar-refractivity contribution in [2.75, 3.05) is 16.8 Å². The number of hydrogen-bond acceptors (Lipinski definition) is 6. The first kappa shape index (κ1) is 24.4. The van der Waals surface area contributed by atoms with Crippen molar-refractivity contribution in [2.24, 2.45) is 11.1 Å². The van der Waals surface area contributed by atoms with Crippen LogP contribution >= 0.6 is 23.2 Å². The second kappa shape index (κ2) is 8.39. The Bertz CT molecular complexity index is 1410. The molecule has 2 aromatic carbocycles. The third-order valence-electron chi connectivity index (χ3n) is 6.92. The minimum absolute atomic E-state index is 0.0197. The third kappa shape index (κ3) is 3.37. The van der Waals surface area contributed by atoms with Crippen molar-refractivity contribution in [1.29, 1.82) is 0 Å². The van der Waals surface area contributed by atoms with Gasteiger partial charge in [0, 0.05) is 34.0 Å². The summed E-state index contributed by atoms with van der Waals surface area (Å²) in [5.74, 6) is -1.62. The van der Waals surface area contributed by atoms with Crippen molar-refractivity contribution in [1.82, 2.24) is 0 Å². The molecule has 9 heteroatoms. The Morgan fingerprint density at radius 2 is 1.86 bits per heavy atom. The second-order valence-electron chi connectivity index (χ2n) is 9.92. The van der Waals surface area contributed by atoms with Gasteiger partial charge in [-0.2, -0.15) is 0 Å². The zero-order valence-electron chi connectivity index (χ0n) is 20.1. The third-order valence-corrected chi connectivity index (χ3v) is 7.47. The maximum absolute atomic E-state index is 14.0. The number of rotatable bonds is 3. The molecule has 1 atom stereocenters. The van der Waals surface area contributed by atoms with Crippen LogP contribution in [0.15, 0.2) is 65.1 Å². The summed E-state index contributed by atoms with van der Waals surface area (Å²) >= 11 is 13.0. The number of benzene rings is 2. The van der Waals surface area contributed by atoms with Crippen LogP contribution in [0.25, 0.3) is 0 Å². The first-order chi connectivity index (χ1) is 17.0. The highest BCUT2D eigenvalue weighted by Gasteiger charge is 2.63. The van der Waals surface area contributed by atoms with Crippen molar-refractivity contribution in [3.05, 3.63) is 80.7 Å². The van der Waals surface area contributed by atoms with Crippen LogP contribution in [0.4, 0.5) is 11.4 Å². The van der Waals surface area contributed by atoms with Crippen LogP contribution in [0.3, 0.4) is 0 Å². The highest BCUT2D eigenvalue weighted by molar-refractivity contribution is 6.34. The molecule has 186 valence electrons. The number of ketones is 1. The normalized spacial score (nSPS) is 22.5. The number of amides is 1. The Labute approximate surface area is 218 Å². The van der Waals surface area contributed by atoms with Crippen molar-refractivity contribution < 1.29 is 19.1 Å². The van der Waals surface area contributed by atoms with Crippen LogP contribution in [0.1, 0.15) is 39.2 Å². The summed E-state index contributed by atoms with van der Waals surface area (Å²) in [5, 5.41) is 3.58. The van der Waals surface area contributed by atoms with Crippen LogP contribution in [0, 0.1) is 5.41 Å². The van der Waals surface area contributed by atoms with E-state index < -0.39 is 22.7 Å². The lowest BCUT2D eigenvalue weighted by Gasteiger charge is -2.47. The molecule has 1 spiro atoms. The summed E-state index contributed by atoms with van der Waals surface area (Å²) in [6.07, 6.45) is 0.601. The zero-order chi connectivity index (χ0) is 26.0. The largest absolute Gasteiger partial charge is 0.462 e. The maximum Gasteiger partial charge on any atom is 0.339 e. The average molecular weight is 526 g/mol. The lowest BCUT2D eigenvalue weighted by atomic mass is 9.60. The Morgan fingerprint density at radius 3 is 2.56 bits per heavy atom. The molecule has 0 radical (unpaired) electrons. The van der Waals surface area contributed by atoms with Crippen LogP contribution < -0.4 is 16.0 Å². The Hall–Kier alpha value is -3.29. The van der Waals surface area contributed by atoms with Crippen molar-refractivity contribution in [2.45, 2.75) is 39.0 Å². The number of allylic oxidation sites excluding steroid dienone is 1. The molecule has 0 saturated heterocycles. The number of nitrogens with two attached hydrogens (primary N) is 1. The van der Waals surface area contributed by atoms with E-state index in [1.54, 1.807) is 54.3 Å². The molecular weight excluding hydrogens is 501 g/mol. The van der Waals surface area contributed by atoms with Gasteiger partial charge in [-0.1, -0.05) is 49.2 Å². The molecule has 0 fully saturated rings. The van der Waals surface area contributed by atoms with Crippen molar-refractivity contribution in [3.8, 4) is 0 Å². The molecule has 7 nitrogen and oxygen atoms in total. The predicted molar refractivity (Wildman–Crippen MR) is 139 cm³/mol. The van der Waals surface area contributed by atoms with E-state index in [0.29, 0.717) is 39.1 Å². The number of carbonyl (C=O) groups is 3. The van der Waals surface area contributed by atoms with Crippen LogP contribution in [0.2, 0.25) is 10.0 Å². The number of nitrogens with one attached hydrogen (secondary N) is 1. The van der Waals surface area contributed by atoms with E-state index in [0.717, 1.165) is 0 Å². The molecule has 1 unspecified atom stereocenters. The van der Waals surface area contributed by atoms with Gasteiger partial charge >= 0.3 is 5.97 Å². The number of Topliss-reactive ketones (excluding diaryl/α,β-unsaturated/α-hetero) is 1. The summed E-state index contributed by atoms with van der Waals surface area (Å²) in [5.41, 5.74) is 6.49. The number of para-hydroxylation sites is 1. The highest BCUT2D eigenvalue weighted by atomic mass is 35.5. The summed E-state index contributed by atoms with van der Waals surface area (Å²) in [7, 11) is 0. The number of halogens is 2. The van der Waals surface area contributed by atoms with Gasteiger partial charge in [0.05, 0.1) is 17.3 Å². The second-order valence-corrected chi connectivity index (χ2v) is 10.8. The first-order valence-electron chi connectivity index (χ1n) is 11.6. The monoisotopic (exact) mass is 525 g/mol. The van der Waals surface area contributed by atoms with Crippen LogP contribution in [-0.4, -0.2) is 24.3 Å². The molecule has 0 bridgehead atoms. The van der Waals surface area contributed by atoms with Gasteiger partial charge in [-0.3, -0.25) is 14.5 Å². The molecule has 5 rings (SSSR count). The lowest BCUT2D eigenvalue weighted by Crippen LogP contribution is -2.54. The lowest BCUT2D eigenvalue weighted by molar-refractivity contribution is -0.140. The molecule has 3 aliphatic rings. The van der Waals surface area contributed by atoms with E-state index in [1.807, 2.05) is 13.8 Å². The molecule has 36 heavy (non-hydrogen) atoms. The van der Waals surface area contributed by atoms with Gasteiger partial charge in [0.15, 0.2) is 5.78 Å². The number of fused-ring (bicyclic) bond motifs is 3. The van der Waals surface area contributed by atoms with Gasteiger partial charge in [0.2, 0.25) is 5.91 Å². The fourth-order valence-electron chi connectivity index (χ4n) is 5.62. The minimum atomic E-state index is -1.81. The van der Waals surface area contributed by atoms with Gasteiger partial charge in [-0.05, 0) is 49.1 Å². The first-order valence-corrected chi connectivity index (χ1v) is 12.4. The smallest absolute Gasteiger partial charge is 0.339 e. The van der Waals surface area contributed by atoms with Gasteiger partial charge in [-0.15, -0.1) is 0 Å². The van der Waals surface area contributed by atoms with E-state index in [-0.39, 0.29) is 35.8 Å². The quantitative estimate of drug-likeness (QED) is 0.541. The zero-order valence-corrected chi connectivity index (χ0v) is 21.6. The Balaban J connectivity index is 1.95. The van der Waals surface area contributed by atoms with Crippen molar-refractivity contribution in [3.63, 3.8) is 0 Å². The number of anilines is 2. The molecular formula is C27H25Cl2N3O4.